The van der Waals surface area contributed by atoms with Crippen LogP contribution in [0.15, 0.2) is 30.3 Å². The molecular formula is C24H36N2O8. The molecule has 1 heterocycles. The Morgan fingerprint density at radius 2 is 1.79 bits per heavy atom. The minimum Gasteiger partial charge on any atom is -0.463 e. The molecule has 0 aromatic heterocycles. The monoisotopic (exact) mass is 480 g/mol. The van der Waals surface area contributed by atoms with Crippen LogP contribution in [0.2, 0.25) is 0 Å². The van der Waals surface area contributed by atoms with E-state index in [-0.39, 0.29) is 26.1 Å². The van der Waals surface area contributed by atoms with Gasteiger partial charge in [-0.1, -0.05) is 30.3 Å². The number of hydrogen-bond acceptors (Lipinski definition) is 9. The maximum Gasteiger partial charge on any atom is 0.408 e. The number of nitrogens with zero attached hydrogens (tertiary/aromatic N) is 1. The van der Waals surface area contributed by atoms with E-state index in [1.54, 1.807) is 20.8 Å². The van der Waals surface area contributed by atoms with E-state index in [1.165, 1.54) is 0 Å². The average molecular weight is 481 g/mol. The van der Waals surface area contributed by atoms with E-state index in [0.29, 0.717) is 32.8 Å². The molecule has 2 N–H and O–H groups in total. The standard InChI is InChI=1S/C24H36N2O8/c1-24(2,3)34-22(29)20(25-23(30)33-16-18-7-5-4-6-8-18)9-10-21(28)32-17-19(27)15-26-11-13-31-14-12-26/h4-8,19-20,27H,9-17H2,1-3H3,(H,25,30)/t19?,20-/m0/s1. The van der Waals surface area contributed by atoms with Crippen LogP contribution in [0.3, 0.4) is 0 Å². The topological polar surface area (TPSA) is 124 Å². The van der Waals surface area contributed by atoms with Crippen LogP contribution < -0.4 is 5.32 Å². The molecule has 0 bridgehead atoms. The molecule has 1 unspecified atom stereocenters. The van der Waals surface area contributed by atoms with Gasteiger partial charge in [0.2, 0.25) is 0 Å². The summed E-state index contributed by atoms with van der Waals surface area (Å²) in [6.45, 7) is 8.05. The van der Waals surface area contributed by atoms with Gasteiger partial charge in [0.1, 0.15) is 31.0 Å². The zero-order valence-corrected chi connectivity index (χ0v) is 20.2. The van der Waals surface area contributed by atoms with Gasteiger partial charge in [0, 0.05) is 26.1 Å². The van der Waals surface area contributed by atoms with E-state index >= 15 is 0 Å². The Kier molecular flexibility index (Phi) is 11.2. The molecule has 34 heavy (non-hydrogen) atoms. The van der Waals surface area contributed by atoms with Gasteiger partial charge in [0.05, 0.1) is 13.2 Å². The van der Waals surface area contributed by atoms with E-state index in [4.69, 9.17) is 18.9 Å². The quantitative estimate of drug-likeness (QED) is 0.359. The molecule has 2 atom stereocenters. The second-order valence-electron chi connectivity index (χ2n) is 9.08. The molecule has 1 aliphatic heterocycles. The van der Waals surface area contributed by atoms with Crippen molar-refractivity contribution in [2.75, 3.05) is 39.5 Å². The number of rotatable bonds is 11. The normalized spacial score (nSPS) is 16.2. The lowest BCUT2D eigenvalue weighted by molar-refractivity contribution is -0.158. The number of aliphatic hydroxyl groups excluding tert-OH is 1. The third-order valence-corrected chi connectivity index (χ3v) is 4.84. The number of alkyl carbamates (subject to hydrolysis) is 1. The number of amides is 1. The highest BCUT2D eigenvalue weighted by molar-refractivity contribution is 5.82. The van der Waals surface area contributed by atoms with Gasteiger partial charge in [-0.3, -0.25) is 9.69 Å². The van der Waals surface area contributed by atoms with Crippen molar-refractivity contribution >= 4 is 18.0 Å². The van der Waals surface area contributed by atoms with Crippen molar-refractivity contribution < 1.29 is 38.4 Å². The van der Waals surface area contributed by atoms with E-state index < -0.39 is 35.8 Å². The predicted molar refractivity (Wildman–Crippen MR) is 123 cm³/mol. The highest BCUT2D eigenvalue weighted by atomic mass is 16.6. The van der Waals surface area contributed by atoms with Crippen molar-refractivity contribution in [2.24, 2.45) is 0 Å². The van der Waals surface area contributed by atoms with Crippen LogP contribution in [-0.2, 0) is 35.1 Å². The minimum absolute atomic E-state index is 0.0340. The average Bonchev–Trinajstić information content (AvgIpc) is 2.79. The molecule has 0 radical (unpaired) electrons. The van der Waals surface area contributed by atoms with Crippen molar-refractivity contribution in [3.05, 3.63) is 35.9 Å². The predicted octanol–water partition coefficient (Wildman–Crippen LogP) is 1.64. The van der Waals surface area contributed by atoms with E-state index in [2.05, 4.69) is 5.32 Å². The summed E-state index contributed by atoms with van der Waals surface area (Å²) in [6, 6.07) is 8.02. The second-order valence-corrected chi connectivity index (χ2v) is 9.08. The molecule has 10 heteroatoms. The molecule has 1 fully saturated rings. The summed E-state index contributed by atoms with van der Waals surface area (Å²) in [7, 11) is 0. The fourth-order valence-electron chi connectivity index (χ4n) is 3.19. The third-order valence-electron chi connectivity index (χ3n) is 4.84. The van der Waals surface area contributed by atoms with Crippen molar-refractivity contribution in [3.8, 4) is 0 Å². The first kappa shape index (κ1) is 27.6. The zero-order valence-electron chi connectivity index (χ0n) is 20.2. The van der Waals surface area contributed by atoms with Crippen molar-refractivity contribution in [2.45, 2.75) is 58.0 Å². The fraction of sp³-hybridized carbons (Fsp3) is 0.625. The van der Waals surface area contributed by atoms with Gasteiger partial charge in [-0.25, -0.2) is 9.59 Å². The first-order chi connectivity index (χ1) is 16.1. The second kappa shape index (κ2) is 13.9. The van der Waals surface area contributed by atoms with Crippen LogP contribution in [0.1, 0.15) is 39.2 Å². The third kappa shape index (κ3) is 11.4. The smallest absolute Gasteiger partial charge is 0.408 e. The van der Waals surface area contributed by atoms with Gasteiger partial charge < -0.3 is 29.4 Å². The lowest BCUT2D eigenvalue weighted by Crippen LogP contribution is -2.44. The summed E-state index contributed by atoms with van der Waals surface area (Å²) in [5, 5.41) is 12.6. The van der Waals surface area contributed by atoms with Crippen molar-refractivity contribution in [1.82, 2.24) is 10.2 Å². The van der Waals surface area contributed by atoms with Crippen LogP contribution in [0.25, 0.3) is 0 Å². The number of esters is 2. The summed E-state index contributed by atoms with van der Waals surface area (Å²) in [6.07, 6.45) is -1.80. The number of carbonyl (C=O) groups is 3. The highest BCUT2D eigenvalue weighted by Gasteiger charge is 2.28. The number of morpholine rings is 1. The summed E-state index contributed by atoms with van der Waals surface area (Å²) < 4.78 is 20.9. The molecular weight excluding hydrogens is 444 g/mol. The van der Waals surface area contributed by atoms with Gasteiger partial charge in [-0.15, -0.1) is 0 Å². The zero-order chi connectivity index (χ0) is 25.0. The Morgan fingerprint density at radius 3 is 2.44 bits per heavy atom. The molecule has 0 aliphatic carbocycles. The summed E-state index contributed by atoms with van der Waals surface area (Å²) in [5.74, 6) is -1.27. The van der Waals surface area contributed by atoms with E-state index in [9.17, 15) is 19.5 Å². The fourth-order valence-corrected chi connectivity index (χ4v) is 3.19. The Bertz CT molecular complexity index is 775. The lowest BCUT2D eigenvalue weighted by atomic mass is 10.1. The van der Waals surface area contributed by atoms with Crippen LogP contribution in [0.4, 0.5) is 4.79 Å². The number of β-amino-alcohol motifs (C(OH)–C–C–N with tert-alkyl or cyclic N) is 1. The largest absolute Gasteiger partial charge is 0.463 e. The minimum atomic E-state index is -1.09. The molecule has 1 saturated heterocycles. The number of ether oxygens (including phenoxy) is 4. The molecule has 2 rings (SSSR count). The lowest BCUT2D eigenvalue weighted by Gasteiger charge is -2.28. The van der Waals surface area contributed by atoms with Gasteiger partial charge in [0.25, 0.3) is 0 Å². The van der Waals surface area contributed by atoms with Crippen LogP contribution >= 0.6 is 0 Å². The molecule has 1 aliphatic rings. The Balaban J connectivity index is 1.80. The van der Waals surface area contributed by atoms with Gasteiger partial charge >= 0.3 is 18.0 Å². The highest BCUT2D eigenvalue weighted by Crippen LogP contribution is 2.12. The summed E-state index contributed by atoms with van der Waals surface area (Å²) >= 11 is 0. The van der Waals surface area contributed by atoms with Crippen LogP contribution in [0.5, 0.6) is 0 Å². The van der Waals surface area contributed by atoms with Gasteiger partial charge in [-0.05, 0) is 32.8 Å². The number of aliphatic hydroxyl groups is 1. The van der Waals surface area contributed by atoms with Gasteiger partial charge in [0.15, 0.2) is 0 Å². The first-order valence-corrected chi connectivity index (χ1v) is 11.5. The Morgan fingerprint density at radius 1 is 1.12 bits per heavy atom. The first-order valence-electron chi connectivity index (χ1n) is 11.5. The maximum atomic E-state index is 12.6. The SMILES string of the molecule is CC(C)(C)OC(=O)[C@H](CCC(=O)OCC(O)CN1CCOCC1)NC(=O)OCc1ccccc1. The number of carbonyl (C=O) groups excluding carboxylic acids is 3. The molecule has 0 saturated carbocycles. The molecule has 1 amide bonds. The van der Waals surface area contributed by atoms with Crippen LogP contribution in [-0.4, -0.2) is 85.2 Å². The van der Waals surface area contributed by atoms with E-state index in [1.807, 2.05) is 35.2 Å². The van der Waals surface area contributed by atoms with Crippen molar-refractivity contribution in [1.29, 1.82) is 0 Å². The number of benzene rings is 1. The summed E-state index contributed by atoms with van der Waals surface area (Å²) in [4.78, 5) is 39.0. The number of nitrogens with one attached hydrogen (secondary N) is 1. The Labute approximate surface area is 200 Å². The Hall–Kier alpha value is -2.69. The number of hydrogen-bond donors (Lipinski definition) is 2. The maximum absolute atomic E-state index is 12.6. The molecule has 1 aromatic rings. The van der Waals surface area contributed by atoms with E-state index in [0.717, 1.165) is 5.56 Å². The summed E-state index contributed by atoms with van der Waals surface area (Å²) in [5.41, 5.74) is 0.0281. The molecule has 190 valence electrons. The van der Waals surface area contributed by atoms with Crippen molar-refractivity contribution in [3.63, 3.8) is 0 Å². The molecule has 10 nitrogen and oxygen atoms in total. The molecule has 1 aromatic carbocycles. The van der Waals surface area contributed by atoms with Crippen LogP contribution in [0, 0.1) is 0 Å². The molecule has 0 spiro atoms. The van der Waals surface area contributed by atoms with Gasteiger partial charge in [-0.2, -0.15) is 0 Å².